The molecule has 1 amide bonds. The highest BCUT2D eigenvalue weighted by Gasteiger charge is 2.34. The highest BCUT2D eigenvalue weighted by atomic mass is 79.9. The Morgan fingerprint density at radius 1 is 1.42 bits per heavy atom. The van der Waals surface area contributed by atoms with E-state index in [-0.39, 0.29) is 36.5 Å². The van der Waals surface area contributed by atoms with Gasteiger partial charge in [-0.05, 0) is 34.1 Å². The predicted molar refractivity (Wildman–Crippen MR) is 87.4 cm³/mol. The summed E-state index contributed by atoms with van der Waals surface area (Å²) in [6.07, 6.45) is 0. The number of hydrogen-bond acceptors (Lipinski definition) is 6. The molecule has 0 fully saturated rings. The number of aromatic carboxylic acids is 1. The summed E-state index contributed by atoms with van der Waals surface area (Å²) < 4.78 is 5.11. The number of ether oxygens (including phenoxy) is 1. The molecule has 9 heteroatoms. The number of carbonyl (C=O) groups is 3. The summed E-state index contributed by atoms with van der Waals surface area (Å²) in [5.41, 5.74) is 0.689. The van der Waals surface area contributed by atoms with Crippen LogP contribution in [0.15, 0.2) is 33.9 Å². The highest BCUT2D eigenvalue weighted by molar-refractivity contribution is 9.10. The van der Waals surface area contributed by atoms with Gasteiger partial charge in [0.15, 0.2) is 0 Å². The molecule has 128 valence electrons. The maximum Gasteiger partial charge on any atom is 0.337 e. The first-order valence-corrected chi connectivity index (χ1v) is 7.69. The van der Waals surface area contributed by atoms with Crippen LogP contribution in [-0.2, 0) is 14.3 Å². The standard InChI is InChI=1S/C15H15BrN2O6/c1-24-15(23)9-7-18(4-5-19)13(20)12(9)17-11-3-2-8(14(21)22)6-10(11)16/h2-3,6,17,19H,4-5,7H2,1H3,(H,21,22). The van der Waals surface area contributed by atoms with Crippen LogP contribution in [0.4, 0.5) is 5.69 Å². The van der Waals surface area contributed by atoms with E-state index in [1.165, 1.54) is 30.2 Å². The molecule has 0 aliphatic carbocycles. The summed E-state index contributed by atoms with van der Waals surface area (Å²) in [6.45, 7) is -0.118. The first-order valence-electron chi connectivity index (χ1n) is 6.90. The fraction of sp³-hybridized carbons (Fsp3) is 0.267. The van der Waals surface area contributed by atoms with E-state index in [1.54, 1.807) is 0 Å². The van der Waals surface area contributed by atoms with Crippen LogP contribution in [0.1, 0.15) is 10.4 Å². The average molecular weight is 399 g/mol. The minimum absolute atomic E-state index is 0.0270. The predicted octanol–water partition coefficient (Wildman–Crippen LogP) is 0.821. The largest absolute Gasteiger partial charge is 0.478 e. The maximum atomic E-state index is 12.4. The second kappa shape index (κ2) is 7.45. The molecule has 0 radical (unpaired) electrons. The van der Waals surface area contributed by atoms with Crippen LogP contribution in [0, 0.1) is 0 Å². The van der Waals surface area contributed by atoms with Gasteiger partial charge in [-0.25, -0.2) is 9.59 Å². The summed E-state index contributed by atoms with van der Waals surface area (Å²) in [7, 11) is 1.21. The number of rotatable bonds is 6. The summed E-state index contributed by atoms with van der Waals surface area (Å²) in [5.74, 6) is -2.17. The van der Waals surface area contributed by atoms with Crippen molar-refractivity contribution in [2.24, 2.45) is 0 Å². The van der Waals surface area contributed by atoms with Crippen molar-refractivity contribution >= 4 is 39.5 Å². The Bertz CT molecular complexity index is 731. The number of methoxy groups -OCH3 is 1. The van der Waals surface area contributed by atoms with Gasteiger partial charge in [0.1, 0.15) is 5.70 Å². The Morgan fingerprint density at radius 3 is 2.67 bits per heavy atom. The number of carboxylic acids is 1. The molecular weight excluding hydrogens is 384 g/mol. The molecule has 1 aromatic rings. The van der Waals surface area contributed by atoms with Gasteiger partial charge in [-0.15, -0.1) is 0 Å². The molecule has 1 aromatic carbocycles. The minimum atomic E-state index is -1.08. The number of anilines is 1. The number of aliphatic hydroxyl groups excluding tert-OH is 1. The van der Waals surface area contributed by atoms with Crippen LogP contribution in [0.5, 0.6) is 0 Å². The molecule has 1 aliphatic heterocycles. The van der Waals surface area contributed by atoms with Crippen molar-refractivity contribution in [1.82, 2.24) is 4.90 Å². The van der Waals surface area contributed by atoms with Crippen LogP contribution < -0.4 is 5.32 Å². The van der Waals surface area contributed by atoms with Crippen LogP contribution in [0.25, 0.3) is 0 Å². The smallest absolute Gasteiger partial charge is 0.337 e. The van der Waals surface area contributed by atoms with Crippen LogP contribution in [-0.4, -0.2) is 59.8 Å². The Balaban J connectivity index is 2.35. The third kappa shape index (κ3) is 3.57. The van der Waals surface area contributed by atoms with Gasteiger partial charge in [-0.3, -0.25) is 4.79 Å². The molecule has 0 saturated carbocycles. The van der Waals surface area contributed by atoms with E-state index in [1.807, 2.05) is 0 Å². The van der Waals surface area contributed by atoms with Crippen molar-refractivity contribution < 1.29 is 29.3 Å². The van der Waals surface area contributed by atoms with Crippen molar-refractivity contribution in [3.63, 3.8) is 0 Å². The normalized spacial score (nSPS) is 14.1. The number of halogens is 1. The Kier molecular flexibility index (Phi) is 5.58. The van der Waals surface area contributed by atoms with E-state index >= 15 is 0 Å². The number of aliphatic hydroxyl groups is 1. The van der Waals surface area contributed by atoms with E-state index in [9.17, 15) is 14.4 Å². The fourth-order valence-electron chi connectivity index (χ4n) is 2.23. The van der Waals surface area contributed by atoms with Crippen molar-refractivity contribution in [2.45, 2.75) is 0 Å². The minimum Gasteiger partial charge on any atom is -0.478 e. The zero-order valence-corrected chi connectivity index (χ0v) is 14.3. The van der Waals surface area contributed by atoms with E-state index in [0.717, 1.165) is 0 Å². The maximum absolute atomic E-state index is 12.4. The van der Waals surface area contributed by atoms with E-state index in [0.29, 0.717) is 10.2 Å². The Morgan fingerprint density at radius 2 is 2.12 bits per heavy atom. The van der Waals surface area contributed by atoms with Crippen molar-refractivity contribution in [1.29, 1.82) is 0 Å². The number of nitrogens with zero attached hydrogens (tertiary/aromatic N) is 1. The van der Waals surface area contributed by atoms with Gasteiger partial charge >= 0.3 is 11.9 Å². The third-order valence-electron chi connectivity index (χ3n) is 3.43. The summed E-state index contributed by atoms with van der Waals surface area (Å²) in [5, 5.41) is 20.8. The molecule has 0 saturated heterocycles. The summed E-state index contributed by atoms with van der Waals surface area (Å²) in [4.78, 5) is 36.6. The molecule has 3 N–H and O–H groups in total. The number of amides is 1. The number of esters is 1. The second-order valence-corrected chi connectivity index (χ2v) is 5.77. The van der Waals surface area contributed by atoms with E-state index in [2.05, 4.69) is 21.2 Å². The number of β-amino-alcohol motifs (C(OH)–C–C–N with tert-alkyl or cyclic N) is 1. The Hall–Kier alpha value is -2.39. The lowest BCUT2D eigenvalue weighted by atomic mass is 10.2. The first kappa shape index (κ1) is 18.0. The summed E-state index contributed by atoms with van der Waals surface area (Å²) in [6, 6.07) is 4.24. The molecule has 2 rings (SSSR count). The van der Waals surface area contributed by atoms with Gasteiger partial charge in [0.2, 0.25) is 0 Å². The van der Waals surface area contributed by atoms with Crippen LogP contribution in [0.2, 0.25) is 0 Å². The number of hydrogen-bond donors (Lipinski definition) is 3. The molecule has 0 aromatic heterocycles. The van der Waals surface area contributed by atoms with Gasteiger partial charge in [0, 0.05) is 11.0 Å². The summed E-state index contributed by atoms with van der Waals surface area (Å²) >= 11 is 3.23. The van der Waals surface area contributed by atoms with Gasteiger partial charge in [-0.1, -0.05) is 0 Å². The lowest BCUT2D eigenvalue weighted by molar-refractivity contribution is -0.136. The highest BCUT2D eigenvalue weighted by Crippen LogP contribution is 2.28. The van der Waals surface area contributed by atoms with E-state index < -0.39 is 17.8 Å². The average Bonchev–Trinajstić information content (AvgIpc) is 2.85. The molecule has 0 unspecified atom stereocenters. The molecule has 1 heterocycles. The van der Waals surface area contributed by atoms with Crippen LogP contribution >= 0.6 is 15.9 Å². The van der Waals surface area contributed by atoms with Crippen LogP contribution in [0.3, 0.4) is 0 Å². The topological polar surface area (TPSA) is 116 Å². The quantitative estimate of drug-likeness (QED) is 0.607. The van der Waals surface area contributed by atoms with Gasteiger partial charge in [-0.2, -0.15) is 0 Å². The molecule has 0 spiro atoms. The van der Waals surface area contributed by atoms with Crippen molar-refractivity contribution in [3.8, 4) is 0 Å². The third-order valence-corrected chi connectivity index (χ3v) is 4.09. The molecule has 8 nitrogen and oxygen atoms in total. The number of carbonyl (C=O) groups excluding carboxylic acids is 2. The Labute approximate surface area is 145 Å². The zero-order valence-electron chi connectivity index (χ0n) is 12.7. The lowest BCUT2D eigenvalue weighted by Gasteiger charge is -2.15. The fourth-order valence-corrected chi connectivity index (χ4v) is 2.71. The second-order valence-electron chi connectivity index (χ2n) is 4.92. The molecule has 0 bridgehead atoms. The molecule has 24 heavy (non-hydrogen) atoms. The monoisotopic (exact) mass is 398 g/mol. The first-order chi connectivity index (χ1) is 11.4. The molecule has 1 aliphatic rings. The number of nitrogens with one attached hydrogen (secondary N) is 1. The zero-order chi connectivity index (χ0) is 17.9. The van der Waals surface area contributed by atoms with Crippen molar-refractivity contribution in [3.05, 3.63) is 39.5 Å². The van der Waals surface area contributed by atoms with Gasteiger partial charge in [0.05, 0.1) is 37.1 Å². The van der Waals surface area contributed by atoms with Crippen molar-refractivity contribution in [2.75, 3.05) is 32.1 Å². The number of benzene rings is 1. The number of carboxylic acid groups (broad SMARTS) is 1. The van der Waals surface area contributed by atoms with E-state index in [4.69, 9.17) is 14.9 Å². The lowest BCUT2D eigenvalue weighted by Crippen LogP contribution is -2.31. The van der Waals surface area contributed by atoms with Gasteiger partial charge < -0.3 is 25.2 Å². The molecular formula is C15H15BrN2O6. The molecule has 0 atom stereocenters. The van der Waals surface area contributed by atoms with Gasteiger partial charge in [0.25, 0.3) is 5.91 Å². The SMILES string of the molecule is COC(=O)C1=C(Nc2ccc(C(=O)O)cc2Br)C(=O)N(CCO)C1.